The van der Waals surface area contributed by atoms with E-state index in [9.17, 15) is 0 Å². The topological polar surface area (TPSA) is 0 Å². The zero-order valence-corrected chi connectivity index (χ0v) is 6.93. The SMILES string of the molecule is CC1(C)CC2CC3CC1C32. The molecule has 0 N–H and O–H groups in total. The van der Waals surface area contributed by atoms with Crippen LogP contribution in [-0.4, -0.2) is 0 Å². The van der Waals surface area contributed by atoms with Gasteiger partial charge in [-0.15, -0.1) is 0 Å². The monoisotopic (exact) mass is 136 g/mol. The molecule has 56 valence electrons. The molecule has 0 aliphatic heterocycles. The first-order valence-corrected chi connectivity index (χ1v) is 4.68. The standard InChI is InChI=1S/C10H16/c1-10(2)5-7-3-6-4-8(10)9(6)7/h6-9H,3-5H2,1-2H3. The van der Waals surface area contributed by atoms with E-state index in [1.807, 2.05) is 0 Å². The van der Waals surface area contributed by atoms with Gasteiger partial charge in [0, 0.05) is 0 Å². The molecule has 3 aliphatic carbocycles. The van der Waals surface area contributed by atoms with Gasteiger partial charge in [-0.3, -0.25) is 0 Å². The Morgan fingerprint density at radius 3 is 2.40 bits per heavy atom. The van der Waals surface area contributed by atoms with Gasteiger partial charge in [-0.1, -0.05) is 13.8 Å². The first-order chi connectivity index (χ1) is 4.68. The van der Waals surface area contributed by atoms with Crippen LogP contribution in [0.15, 0.2) is 0 Å². The van der Waals surface area contributed by atoms with Gasteiger partial charge in [0.15, 0.2) is 0 Å². The van der Waals surface area contributed by atoms with Crippen LogP contribution in [-0.2, 0) is 0 Å². The molecule has 0 heterocycles. The molecule has 3 aliphatic rings. The highest BCUT2D eigenvalue weighted by Gasteiger charge is 2.63. The molecule has 0 bridgehead atoms. The average molecular weight is 136 g/mol. The summed E-state index contributed by atoms with van der Waals surface area (Å²) in [6.45, 7) is 4.96. The van der Waals surface area contributed by atoms with Gasteiger partial charge < -0.3 is 0 Å². The fourth-order valence-electron chi connectivity index (χ4n) is 3.98. The lowest BCUT2D eigenvalue weighted by Gasteiger charge is -2.55. The summed E-state index contributed by atoms with van der Waals surface area (Å²) in [6, 6.07) is 0. The number of rotatable bonds is 0. The molecule has 0 nitrogen and oxygen atoms in total. The molecule has 3 fully saturated rings. The van der Waals surface area contributed by atoms with Crippen molar-refractivity contribution >= 4 is 0 Å². The predicted octanol–water partition coefficient (Wildman–Crippen LogP) is 2.69. The summed E-state index contributed by atoms with van der Waals surface area (Å²) in [6.07, 6.45) is 4.71. The second kappa shape index (κ2) is 1.31. The fourth-order valence-corrected chi connectivity index (χ4v) is 3.98. The predicted molar refractivity (Wildman–Crippen MR) is 41.6 cm³/mol. The Balaban J connectivity index is 1.95. The van der Waals surface area contributed by atoms with E-state index < -0.39 is 0 Å². The molecule has 3 saturated carbocycles. The van der Waals surface area contributed by atoms with Crippen molar-refractivity contribution < 1.29 is 0 Å². The van der Waals surface area contributed by atoms with E-state index in [0.717, 1.165) is 11.3 Å². The lowest BCUT2D eigenvalue weighted by atomic mass is 9.50. The third-order valence-corrected chi connectivity index (χ3v) is 4.51. The summed E-state index contributed by atoms with van der Waals surface area (Å²) >= 11 is 0. The minimum atomic E-state index is 0.725. The van der Waals surface area contributed by atoms with Crippen molar-refractivity contribution in [1.29, 1.82) is 0 Å². The van der Waals surface area contributed by atoms with Crippen LogP contribution in [0.2, 0.25) is 0 Å². The first-order valence-electron chi connectivity index (χ1n) is 4.68. The Morgan fingerprint density at radius 1 is 1.10 bits per heavy atom. The summed E-state index contributed by atoms with van der Waals surface area (Å²) in [4.78, 5) is 0. The summed E-state index contributed by atoms with van der Waals surface area (Å²) in [5.41, 5.74) is 0.725. The highest BCUT2D eigenvalue weighted by Crippen LogP contribution is 2.71. The third-order valence-electron chi connectivity index (χ3n) is 4.51. The van der Waals surface area contributed by atoms with Crippen LogP contribution in [0, 0.1) is 29.1 Å². The van der Waals surface area contributed by atoms with Crippen molar-refractivity contribution in [2.75, 3.05) is 0 Å². The molecule has 0 amide bonds. The van der Waals surface area contributed by atoms with Gasteiger partial charge in [0.2, 0.25) is 0 Å². The summed E-state index contributed by atoms with van der Waals surface area (Å²) in [7, 11) is 0. The van der Waals surface area contributed by atoms with Crippen molar-refractivity contribution in [1.82, 2.24) is 0 Å². The van der Waals surface area contributed by atoms with E-state index in [1.165, 1.54) is 17.8 Å². The normalized spacial score (nSPS) is 60.6. The molecule has 0 saturated heterocycles. The molecule has 4 unspecified atom stereocenters. The Bertz CT molecular complexity index is 180. The Labute approximate surface area is 63.0 Å². The molecule has 4 atom stereocenters. The Morgan fingerprint density at radius 2 is 1.90 bits per heavy atom. The summed E-state index contributed by atoms with van der Waals surface area (Å²) < 4.78 is 0. The molecular weight excluding hydrogens is 120 g/mol. The van der Waals surface area contributed by atoms with E-state index in [1.54, 1.807) is 19.3 Å². The van der Waals surface area contributed by atoms with Gasteiger partial charge in [0.05, 0.1) is 0 Å². The second-order valence-electron chi connectivity index (χ2n) is 5.37. The van der Waals surface area contributed by atoms with Crippen LogP contribution in [0.1, 0.15) is 33.1 Å². The minimum Gasteiger partial charge on any atom is -0.0596 e. The van der Waals surface area contributed by atoms with Gasteiger partial charge in [-0.05, 0) is 48.3 Å². The zero-order valence-electron chi connectivity index (χ0n) is 6.93. The second-order valence-corrected chi connectivity index (χ2v) is 5.37. The Hall–Kier alpha value is 0. The molecule has 0 aromatic heterocycles. The molecule has 0 aromatic carbocycles. The number of hydrogen-bond acceptors (Lipinski definition) is 0. The van der Waals surface area contributed by atoms with E-state index >= 15 is 0 Å². The average Bonchev–Trinajstić information content (AvgIpc) is 1.97. The Kier molecular flexibility index (Phi) is 0.735. The van der Waals surface area contributed by atoms with Gasteiger partial charge in [-0.25, -0.2) is 0 Å². The van der Waals surface area contributed by atoms with Crippen molar-refractivity contribution in [3.05, 3.63) is 0 Å². The van der Waals surface area contributed by atoms with E-state index in [0.29, 0.717) is 0 Å². The van der Waals surface area contributed by atoms with Crippen molar-refractivity contribution in [2.45, 2.75) is 33.1 Å². The van der Waals surface area contributed by atoms with Crippen LogP contribution >= 0.6 is 0 Å². The van der Waals surface area contributed by atoms with Crippen LogP contribution in [0.25, 0.3) is 0 Å². The van der Waals surface area contributed by atoms with Gasteiger partial charge in [0.1, 0.15) is 0 Å². The van der Waals surface area contributed by atoms with Crippen molar-refractivity contribution in [3.63, 3.8) is 0 Å². The lowest BCUT2D eigenvalue weighted by molar-refractivity contribution is -0.0594. The molecule has 10 heavy (non-hydrogen) atoms. The van der Waals surface area contributed by atoms with E-state index in [2.05, 4.69) is 13.8 Å². The highest BCUT2D eigenvalue weighted by molar-refractivity contribution is 5.12. The van der Waals surface area contributed by atoms with Gasteiger partial charge in [0.25, 0.3) is 0 Å². The van der Waals surface area contributed by atoms with Crippen LogP contribution < -0.4 is 0 Å². The van der Waals surface area contributed by atoms with Gasteiger partial charge >= 0.3 is 0 Å². The fraction of sp³-hybridized carbons (Fsp3) is 1.00. The van der Waals surface area contributed by atoms with Crippen molar-refractivity contribution in [3.8, 4) is 0 Å². The van der Waals surface area contributed by atoms with E-state index in [-0.39, 0.29) is 0 Å². The highest BCUT2D eigenvalue weighted by atomic mass is 14.7. The van der Waals surface area contributed by atoms with Crippen LogP contribution in [0.3, 0.4) is 0 Å². The zero-order chi connectivity index (χ0) is 6.93. The molecule has 0 aromatic rings. The van der Waals surface area contributed by atoms with Crippen LogP contribution in [0.4, 0.5) is 0 Å². The maximum Gasteiger partial charge on any atom is -0.0320 e. The van der Waals surface area contributed by atoms with Crippen LogP contribution in [0.5, 0.6) is 0 Å². The van der Waals surface area contributed by atoms with Crippen molar-refractivity contribution in [2.24, 2.45) is 29.1 Å². The summed E-state index contributed by atoms with van der Waals surface area (Å²) in [5.74, 6) is 4.70. The summed E-state index contributed by atoms with van der Waals surface area (Å²) in [5, 5.41) is 0. The first kappa shape index (κ1) is 5.62. The molecular formula is C10H16. The molecule has 0 radical (unpaired) electrons. The van der Waals surface area contributed by atoms with Gasteiger partial charge in [-0.2, -0.15) is 0 Å². The molecule has 0 spiro atoms. The lowest BCUT2D eigenvalue weighted by Crippen LogP contribution is -2.48. The maximum absolute atomic E-state index is 2.48. The molecule has 0 heteroatoms. The quantitative estimate of drug-likeness (QED) is 0.480. The van der Waals surface area contributed by atoms with E-state index in [4.69, 9.17) is 0 Å². The molecule has 3 rings (SSSR count). The maximum atomic E-state index is 2.48. The largest absolute Gasteiger partial charge is 0.0596 e. The smallest absolute Gasteiger partial charge is 0.0320 e. The number of hydrogen-bond donors (Lipinski definition) is 0. The minimum absolute atomic E-state index is 0.725. The third kappa shape index (κ3) is 0.408.